The summed E-state index contributed by atoms with van der Waals surface area (Å²) in [6, 6.07) is 8.28. The molecule has 0 radical (unpaired) electrons. The van der Waals surface area contributed by atoms with Crippen molar-refractivity contribution in [1.29, 1.82) is 0 Å². The Kier molecular flexibility index (Phi) is 5.25. The van der Waals surface area contributed by atoms with Crippen LogP contribution in [0.5, 0.6) is 0 Å². The first-order valence-corrected chi connectivity index (χ1v) is 8.24. The SMILES string of the molecule is O=C(Nc1cc(F)cc(F)c1)C1CCN(C(=O)c2cccc(F)c2)CC1. The topological polar surface area (TPSA) is 49.4 Å². The fourth-order valence-corrected chi connectivity index (χ4v) is 3.02. The number of amides is 2. The molecule has 2 amide bonds. The Morgan fingerprint density at radius 3 is 2.19 bits per heavy atom. The third kappa shape index (κ3) is 4.22. The minimum Gasteiger partial charge on any atom is -0.339 e. The minimum absolute atomic E-state index is 0.0609. The highest BCUT2D eigenvalue weighted by Crippen LogP contribution is 2.22. The lowest BCUT2D eigenvalue weighted by Gasteiger charge is -2.31. The molecule has 136 valence electrons. The second kappa shape index (κ2) is 7.59. The van der Waals surface area contributed by atoms with Crippen LogP contribution in [0.1, 0.15) is 23.2 Å². The number of carbonyl (C=O) groups is 2. The van der Waals surface area contributed by atoms with Crippen molar-refractivity contribution in [3.8, 4) is 0 Å². The number of halogens is 3. The number of carbonyl (C=O) groups excluding carboxylic acids is 2. The van der Waals surface area contributed by atoms with Crippen LogP contribution in [0, 0.1) is 23.4 Å². The van der Waals surface area contributed by atoms with E-state index in [9.17, 15) is 22.8 Å². The van der Waals surface area contributed by atoms with E-state index in [1.54, 1.807) is 11.0 Å². The quantitative estimate of drug-likeness (QED) is 0.907. The fraction of sp³-hybridized carbons (Fsp3) is 0.263. The molecule has 2 aromatic rings. The summed E-state index contributed by atoms with van der Waals surface area (Å²) < 4.78 is 39.6. The van der Waals surface area contributed by atoms with Crippen LogP contribution in [0.4, 0.5) is 18.9 Å². The molecule has 1 heterocycles. The third-order valence-corrected chi connectivity index (χ3v) is 4.35. The number of anilines is 1. The van der Waals surface area contributed by atoms with Gasteiger partial charge in [-0.3, -0.25) is 9.59 Å². The average Bonchev–Trinajstić information content (AvgIpc) is 2.60. The Bertz CT molecular complexity index is 813. The van der Waals surface area contributed by atoms with Crippen molar-refractivity contribution in [1.82, 2.24) is 4.90 Å². The molecule has 0 spiro atoms. The smallest absolute Gasteiger partial charge is 0.253 e. The van der Waals surface area contributed by atoms with Gasteiger partial charge in [0.15, 0.2) is 0 Å². The Labute approximate surface area is 148 Å². The van der Waals surface area contributed by atoms with Gasteiger partial charge in [0.05, 0.1) is 0 Å². The summed E-state index contributed by atoms with van der Waals surface area (Å²) in [4.78, 5) is 26.2. The number of hydrogen-bond donors (Lipinski definition) is 1. The largest absolute Gasteiger partial charge is 0.339 e. The van der Waals surface area contributed by atoms with E-state index in [4.69, 9.17) is 0 Å². The van der Waals surface area contributed by atoms with Crippen LogP contribution in [0.15, 0.2) is 42.5 Å². The van der Waals surface area contributed by atoms with Crippen molar-refractivity contribution in [2.24, 2.45) is 5.92 Å². The molecule has 0 unspecified atom stereocenters. The maximum atomic E-state index is 13.2. The van der Waals surface area contributed by atoms with E-state index in [1.165, 1.54) is 18.2 Å². The summed E-state index contributed by atoms with van der Waals surface area (Å²) in [5.74, 6) is -3.00. The van der Waals surface area contributed by atoms with E-state index in [0.717, 1.165) is 18.2 Å². The molecule has 0 atom stereocenters. The molecule has 0 bridgehead atoms. The number of nitrogens with one attached hydrogen (secondary N) is 1. The predicted octanol–water partition coefficient (Wildman–Crippen LogP) is 3.59. The Morgan fingerprint density at radius 2 is 1.58 bits per heavy atom. The number of rotatable bonds is 3. The number of benzene rings is 2. The lowest BCUT2D eigenvalue weighted by atomic mass is 9.95. The zero-order valence-electron chi connectivity index (χ0n) is 13.8. The Morgan fingerprint density at radius 1 is 0.923 bits per heavy atom. The third-order valence-electron chi connectivity index (χ3n) is 4.35. The fourth-order valence-electron chi connectivity index (χ4n) is 3.02. The first kappa shape index (κ1) is 18.0. The van der Waals surface area contributed by atoms with Gasteiger partial charge in [0.2, 0.25) is 5.91 Å². The van der Waals surface area contributed by atoms with Gasteiger partial charge >= 0.3 is 0 Å². The maximum absolute atomic E-state index is 13.2. The van der Waals surface area contributed by atoms with Crippen molar-refractivity contribution in [3.05, 3.63) is 65.5 Å². The summed E-state index contributed by atoms with van der Waals surface area (Å²) in [6.45, 7) is 0.704. The monoisotopic (exact) mass is 362 g/mol. The van der Waals surface area contributed by atoms with Crippen molar-refractivity contribution in [3.63, 3.8) is 0 Å². The summed E-state index contributed by atoms with van der Waals surface area (Å²) in [5, 5.41) is 2.50. The van der Waals surface area contributed by atoms with Gasteiger partial charge in [-0.1, -0.05) is 6.07 Å². The summed E-state index contributed by atoms with van der Waals surface area (Å²) in [6.07, 6.45) is 0.843. The van der Waals surface area contributed by atoms with Crippen LogP contribution in [0.3, 0.4) is 0 Å². The van der Waals surface area contributed by atoms with Gasteiger partial charge in [-0.2, -0.15) is 0 Å². The molecule has 2 aromatic carbocycles. The normalized spacial score (nSPS) is 15.0. The van der Waals surface area contributed by atoms with E-state index in [1.807, 2.05) is 0 Å². The van der Waals surface area contributed by atoms with Crippen molar-refractivity contribution >= 4 is 17.5 Å². The number of nitrogens with zero attached hydrogens (tertiary/aromatic N) is 1. The van der Waals surface area contributed by atoms with Crippen LogP contribution in [0.25, 0.3) is 0 Å². The molecule has 1 aliphatic rings. The molecular weight excluding hydrogens is 345 g/mol. The van der Waals surface area contributed by atoms with Crippen LogP contribution in [0.2, 0.25) is 0 Å². The zero-order chi connectivity index (χ0) is 18.7. The first-order valence-electron chi connectivity index (χ1n) is 8.24. The van der Waals surface area contributed by atoms with Gasteiger partial charge in [0, 0.05) is 36.3 Å². The van der Waals surface area contributed by atoms with E-state index in [-0.39, 0.29) is 29.0 Å². The second-order valence-electron chi connectivity index (χ2n) is 6.22. The van der Waals surface area contributed by atoms with Gasteiger partial charge in [0.25, 0.3) is 5.91 Å². The van der Waals surface area contributed by atoms with Gasteiger partial charge in [-0.15, -0.1) is 0 Å². The summed E-state index contributed by atoms with van der Waals surface area (Å²) in [5.41, 5.74) is 0.328. The zero-order valence-corrected chi connectivity index (χ0v) is 13.8. The molecule has 0 saturated carbocycles. The van der Waals surface area contributed by atoms with E-state index < -0.39 is 17.5 Å². The molecule has 3 rings (SSSR count). The van der Waals surface area contributed by atoms with Crippen LogP contribution < -0.4 is 5.32 Å². The van der Waals surface area contributed by atoms with Gasteiger partial charge in [-0.05, 0) is 43.2 Å². The van der Waals surface area contributed by atoms with E-state index >= 15 is 0 Å². The molecule has 1 fully saturated rings. The standard InChI is InChI=1S/C19H17F3N2O2/c20-14-3-1-2-13(8-14)19(26)24-6-4-12(5-7-24)18(25)23-17-10-15(21)9-16(22)11-17/h1-3,8-12H,4-7H2,(H,23,25). The Balaban J connectivity index is 1.57. The summed E-state index contributed by atoms with van der Waals surface area (Å²) in [7, 11) is 0. The lowest BCUT2D eigenvalue weighted by Crippen LogP contribution is -2.41. The highest BCUT2D eigenvalue weighted by atomic mass is 19.1. The van der Waals surface area contributed by atoms with Crippen LogP contribution in [-0.4, -0.2) is 29.8 Å². The Hall–Kier alpha value is -2.83. The van der Waals surface area contributed by atoms with Gasteiger partial charge < -0.3 is 10.2 Å². The number of piperidine rings is 1. The molecule has 7 heteroatoms. The minimum atomic E-state index is -0.768. The number of hydrogen-bond acceptors (Lipinski definition) is 2. The van der Waals surface area contributed by atoms with Crippen molar-refractivity contribution in [2.45, 2.75) is 12.8 Å². The first-order chi connectivity index (χ1) is 12.4. The van der Waals surface area contributed by atoms with E-state index in [0.29, 0.717) is 25.9 Å². The summed E-state index contributed by atoms with van der Waals surface area (Å²) >= 11 is 0. The average molecular weight is 362 g/mol. The maximum Gasteiger partial charge on any atom is 0.253 e. The highest BCUT2D eigenvalue weighted by molar-refractivity contribution is 5.95. The number of likely N-dealkylation sites (tertiary alicyclic amines) is 1. The van der Waals surface area contributed by atoms with E-state index in [2.05, 4.69) is 5.32 Å². The molecule has 1 saturated heterocycles. The molecule has 1 aliphatic heterocycles. The van der Waals surface area contributed by atoms with Gasteiger partial charge in [-0.25, -0.2) is 13.2 Å². The second-order valence-corrected chi connectivity index (χ2v) is 6.22. The molecule has 0 aromatic heterocycles. The van der Waals surface area contributed by atoms with Crippen LogP contribution >= 0.6 is 0 Å². The van der Waals surface area contributed by atoms with Crippen LogP contribution in [-0.2, 0) is 4.79 Å². The molecule has 1 N–H and O–H groups in total. The molecule has 0 aliphatic carbocycles. The lowest BCUT2D eigenvalue weighted by molar-refractivity contribution is -0.121. The van der Waals surface area contributed by atoms with Gasteiger partial charge in [0.1, 0.15) is 17.5 Å². The van der Waals surface area contributed by atoms with Crippen molar-refractivity contribution < 1.29 is 22.8 Å². The molecule has 4 nitrogen and oxygen atoms in total. The molecular formula is C19H17F3N2O2. The highest BCUT2D eigenvalue weighted by Gasteiger charge is 2.28. The predicted molar refractivity (Wildman–Crippen MR) is 90.0 cm³/mol. The molecule has 26 heavy (non-hydrogen) atoms. The van der Waals surface area contributed by atoms with Crippen molar-refractivity contribution in [2.75, 3.05) is 18.4 Å².